The Morgan fingerprint density at radius 2 is 1.62 bits per heavy atom. The second-order valence-electron chi connectivity index (χ2n) is 5.58. The first-order valence-electron chi connectivity index (χ1n) is 7.99. The lowest BCUT2D eigenvalue weighted by Gasteiger charge is -2.16. The maximum Gasteiger partial charge on any atom is 0.319 e. The summed E-state index contributed by atoms with van der Waals surface area (Å²) in [5, 5.41) is 2.18. The fourth-order valence-corrected chi connectivity index (χ4v) is 2.91. The zero-order chi connectivity index (χ0) is 19.1. The number of nitrogens with two attached hydrogens (primary N) is 1. The lowest BCUT2D eigenvalue weighted by Crippen LogP contribution is -2.32. The summed E-state index contributed by atoms with van der Waals surface area (Å²) in [5.74, 6) is -1.47. The van der Waals surface area contributed by atoms with Crippen LogP contribution in [-0.4, -0.2) is 29.1 Å². The predicted molar refractivity (Wildman–Crippen MR) is 101 cm³/mol. The highest BCUT2D eigenvalue weighted by molar-refractivity contribution is 8.00. The Morgan fingerprint density at radius 1 is 1.00 bits per heavy atom. The number of esters is 1. The van der Waals surface area contributed by atoms with Crippen molar-refractivity contribution in [1.29, 1.82) is 0 Å². The summed E-state index contributed by atoms with van der Waals surface area (Å²) in [6.07, 6.45) is -0.947. The number of amides is 2. The molecule has 0 saturated carbocycles. The van der Waals surface area contributed by atoms with Crippen molar-refractivity contribution < 1.29 is 19.1 Å². The van der Waals surface area contributed by atoms with Crippen molar-refractivity contribution in [3.8, 4) is 0 Å². The van der Waals surface area contributed by atoms with Crippen LogP contribution in [0.3, 0.4) is 0 Å². The highest BCUT2D eigenvalue weighted by atomic mass is 32.2. The number of anilines is 1. The molecule has 2 aromatic rings. The van der Waals surface area contributed by atoms with Gasteiger partial charge in [0, 0.05) is 16.1 Å². The Bertz CT molecular complexity index is 778. The van der Waals surface area contributed by atoms with E-state index in [-0.39, 0.29) is 0 Å². The zero-order valence-electron chi connectivity index (χ0n) is 14.5. The quantitative estimate of drug-likeness (QED) is 0.575. The van der Waals surface area contributed by atoms with Gasteiger partial charge in [-0.1, -0.05) is 18.2 Å². The van der Waals surface area contributed by atoms with Crippen LogP contribution in [0.4, 0.5) is 5.69 Å². The van der Waals surface area contributed by atoms with Gasteiger partial charge in [0.1, 0.15) is 5.25 Å². The molecule has 3 N–H and O–H groups in total. The fourth-order valence-electron chi connectivity index (χ4n) is 2.04. The number of thioether (sulfide) groups is 1. The average molecular weight is 372 g/mol. The van der Waals surface area contributed by atoms with Crippen LogP contribution >= 0.6 is 11.8 Å². The molecule has 0 fully saturated rings. The third kappa shape index (κ3) is 5.63. The smallest absolute Gasteiger partial charge is 0.319 e. The van der Waals surface area contributed by atoms with E-state index in [0.717, 1.165) is 4.90 Å². The molecule has 6 nitrogen and oxygen atoms in total. The fraction of sp³-hybridized carbons (Fsp3) is 0.211. The van der Waals surface area contributed by atoms with Crippen LogP contribution in [0.15, 0.2) is 59.5 Å². The number of ether oxygens (including phenoxy) is 1. The van der Waals surface area contributed by atoms with Crippen molar-refractivity contribution in [1.82, 2.24) is 0 Å². The van der Waals surface area contributed by atoms with Crippen LogP contribution in [0.25, 0.3) is 0 Å². The molecule has 0 saturated heterocycles. The maximum atomic E-state index is 12.2. The Hall–Kier alpha value is -2.80. The summed E-state index contributed by atoms with van der Waals surface area (Å²) in [6.45, 7) is 3.23. The molecule has 2 amide bonds. The first-order valence-corrected chi connectivity index (χ1v) is 8.87. The van der Waals surface area contributed by atoms with Gasteiger partial charge in [0.05, 0.1) is 0 Å². The molecule has 7 heteroatoms. The number of carbonyl (C=O) groups is 3. The van der Waals surface area contributed by atoms with Crippen molar-refractivity contribution in [2.24, 2.45) is 5.73 Å². The molecular formula is C19H20N2O4S. The number of nitrogens with one attached hydrogen (secondary N) is 1. The standard InChI is InChI=1S/C19H20N2O4S/c1-12(18(23)21-15-10-8-14(9-11-15)17(20)22)25-19(24)13(2)26-16-6-4-3-5-7-16/h3-13H,1-2H3,(H2,20,22)(H,21,23)/t12-,13+/m1/s1. The van der Waals surface area contributed by atoms with Crippen LogP contribution in [0.2, 0.25) is 0 Å². The summed E-state index contributed by atoms with van der Waals surface area (Å²) in [5.41, 5.74) is 5.99. The van der Waals surface area contributed by atoms with E-state index < -0.39 is 29.1 Å². The maximum absolute atomic E-state index is 12.2. The molecule has 2 aromatic carbocycles. The number of carbonyl (C=O) groups excluding carboxylic acids is 3. The minimum Gasteiger partial charge on any atom is -0.452 e. The Labute approximate surface area is 156 Å². The number of hydrogen-bond acceptors (Lipinski definition) is 5. The molecule has 0 aliphatic heterocycles. The first kappa shape index (κ1) is 19.5. The number of rotatable bonds is 7. The van der Waals surface area contributed by atoms with Gasteiger partial charge >= 0.3 is 5.97 Å². The monoisotopic (exact) mass is 372 g/mol. The van der Waals surface area contributed by atoms with Gasteiger partial charge in [-0.05, 0) is 50.2 Å². The summed E-state index contributed by atoms with van der Waals surface area (Å²) in [6, 6.07) is 15.6. The van der Waals surface area contributed by atoms with E-state index in [2.05, 4.69) is 5.32 Å². The van der Waals surface area contributed by atoms with E-state index in [4.69, 9.17) is 10.5 Å². The van der Waals surface area contributed by atoms with E-state index >= 15 is 0 Å². The minimum absolute atomic E-state index is 0.342. The van der Waals surface area contributed by atoms with Gasteiger partial charge in [0.2, 0.25) is 5.91 Å². The summed E-state index contributed by atoms with van der Waals surface area (Å²) >= 11 is 1.36. The highest BCUT2D eigenvalue weighted by Crippen LogP contribution is 2.23. The van der Waals surface area contributed by atoms with Crippen LogP contribution in [-0.2, 0) is 14.3 Å². The minimum atomic E-state index is -0.947. The molecule has 136 valence electrons. The second kappa shape index (κ2) is 9.05. The SMILES string of the molecule is C[C@H](Sc1ccccc1)C(=O)O[C@H](C)C(=O)Nc1ccc(C(N)=O)cc1. The number of benzene rings is 2. The van der Waals surface area contributed by atoms with Gasteiger partial charge in [-0.3, -0.25) is 14.4 Å². The number of primary amides is 1. The van der Waals surface area contributed by atoms with Crippen LogP contribution in [0, 0.1) is 0 Å². The van der Waals surface area contributed by atoms with E-state index in [1.165, 1.54) is 30.8 Å². The Morgan fingerprint density at radius 3 is 2.19 bits per heavy atom. The van der Waals surface area contributed by atoms with E-state index in [1.54, 1.807) is 19.1 Å². The summed E-state index contributed by atoms with van der Waals surface area (Å²) < 4.78 is 5.23. The zero-order valence-corrected chi connectivity index (χ0v) is 15.3. The van der Waals surface area contributed by atoms with Gasteiger partial charge in [0.15, 0.2) is 6.10 Å². The molecule has 0 aromatic heterocycles. The van der Waals surface area contributed by atoms with Gasteiger partial charge in [-0.2, -0.15) is 0 Å². The van der Waals surface area contributed by atoms with Crippen LogP contribution in [0.5, 0.6) is 0 Å². The Kier molecular flexibility index (Phi) is 6.80. The molecule has 0 spiro atoms. The van der Waals surface area contributed by atoms with Crippen molar-refractivity contribution in [3.63, 3.8) is 0 Å². The largest absolute Gasteiger partial charge is 0.452 e. The van der Waals surface area contributed by atoms with Crippen molar-refractivity contribution in [2.45, 2.75) is 30.1 Å². The van der Waals surface area contributed by atoms with E-state index in [9.17, 15) is 14.4 Å². The second-order valence-corrected chi connectivity index (χ2v) is 7.00. The molecule has 0 unspecified atom stereocenters. The normalized spacial score (nSPS) is 12.7. The third-order valence-electron chi connectivity index (χ3n) is 3.49. The molecule has 2 rings (SSSR count). The lowest BCUT2D eigenvalue weighted by molar-refractivity contribution is -0.152. The van der Waals surface area contributed by atoms with E-state index in [0.29, 0.717) is 11.3 Å². The number of hydrogen-bond donors (Lipinski definition) is 2. The molecule has 0 heterocycles. The van der Waals surface area contributed by atoms with Gasteiger partial charge in [-0.25, -0.2) is 0 Å². The van der Waals surface area contributed by atoms with Crippen molar-refractivity contribution >= 4 is 35.2 Å². The van der Waals surface area contributed by atoms with E-state index in [1.807, 2.05) is 30.3 Å². The van der Waals surface area contributed by atoms with Gasteiger partial charge < -0.3 is 15.8 Å². The van der Waals surface area contributed by atoms with Gasteiger partial charge in [-0.15, -0.1) is 11.8 Å². The predicted octanol–water partition coefficient (Wildman–Crippen LogP) is 2.84. The molecule has 0 aliphatic rings. The topological polar surface area (TPSA) is 98.5 Å². The summed E-state index contributed by atoms with van der Waals surface area (Å²) in [7, 11) is 0. The molecule has 0 radical (unpaired) electrons. The molecular weight excluding hydrogens is 352 g/mol. The first-order chi connectivity index (χ1) is 12.4. The molecule has 2 atom stereocenters. The molecule has 0 aliphatic carbocycles. The summed E-state index contributed by atoms with van der Waals surface area (Å²) in [4.78, 5) is 36.3. The van der Waals surface area contributed by atoms with Crippen molar-refractivity contribution in [2.75, 3.05) is 5.32 Å². The lowest BCUT2D eigenvalue weighted by atomic mass is 10.2. The van der Waals surface area contributed by atoms with Crippen molar-refractivity contribution in [3.05, 3.63) is 60.2 Å². The molecule has 0 bridgehead atoms. The van der Waals surface area contributed by atoms with Crippen LogP contribution in [0.1, 0.15) is 24.2 Å². The Balaban J connectivity index is 1.87. The third-order valence-corrected chi connectivity index (χ3v) is 4.58. The van der Waals surface area contributed by atoms with Crippen LogP contribution < -0.4 is 11.1 Å². The average Bonchev–Trinajstić information content (AvgIpc) is 2.62. The highest BCUT2D eigenvalue weighted by Gasteiger charge is 2.22. The molecule has 26 heavy (non-hydrogen) atoms. The van der Waals surface area contributed by atoms with Gasteiger partial charge in [0.25, 0.3) is 5.91 Å².